The molecule has 0 spiro atoms. The molecule has 554 valence electrons. The Hall–Kier alpha value is -9.49. The first-order chi connectivity index (χ1) is 48.0. The highest BCUT2D eigenvalue weighted by Crippen LogP contribution is 2.65. The standard InChI is InChI=1S/C72H93N7O23/c1-37(2)31-47(78-66(93)48(32-52(73)83)77-63(90)40(5)76-62(89)39(4)75-35-46(82)28-29-53(84)85)65(92)74-30-20-27-54(86)100-50-33-51-71(36-97-51,102-42(7)81)59-61(101-67(94)45-25-18-13-19-26-45)72(96)34-49(38(3)55(69(72,8)9)58(98-41(6)80)60(88)70(50,59)10)99-68(95)57(87)56(43-21-14-11-15-22-43)79-64(91)44-23-16-12-17-24-44/h11-19,21-26,37,39-40,46-51,56-59,61,75,82,87,96H,20,27-36H2,1-10H3,(H2,73,83)(H,74,92)(H,76,89)(H,77,90)(H,78,93)(H,79,91)(H,84,85)/t39-,40-,46+,47-,48-,49+,50+,51-,56+,57-,58-,59?,61+,70-,71+,72-/m1/s1. The molecule has 3 fully saturated rings. The van der Waals surface area contributed by atoms with Crippen molar-refractivity contribution < 1.29 is 111 Å². The Balaban J connectivity index is 1.17. The molecule has 7 rings (SSSR count). The van der Waals surface area contributed by atoms with Gasteiger partial charge in [0.2, 0.25) is 29.5 Å². The molecule has 30 nitrogen and oxygen atoms in total. The van der Waals surface area contributed by atoms with E-state index in [9.17, 15) is 72.9 Å². The SMILES string of the molecule is CC(=O)O[C@H]1C(=O)[C@@]2(C)C([C@H](OC(=O)c3ccccc3)[C@]3(O)C[C@H](OC(=O)[C@H](O)[C@@H](NC(=O)c4ccccc4)c4ccccc4)C(C)=C1C3(C)C)[C@]1(OC(C)=O)CO[C@@H]1C[C@@H]2OC(=O)CCCNC(=O)[C@@H](CC(C)C)NC(=O)[C@@H](CC(N)=O)NC(=O)[C@@H](C)NC(=O)[C@@H](C)NC[C@@H](O)CCC(=O)O. The molecule has 3 aromatic carbocycles. The Kier molecular flexibility index (Phi) is 26.6. The molecule has 12 N–H and O–H groups in total. The van der Waals surface area contributed by atoms with Crippen LogP contribution < -0.4 is 37.6 Å². The molecule has 6 amide bonds. The molecule has 30 heteroatoms. The van der Waals surface area contributed by atoms with Crippen LogP contribution in [-0.4, -0.2) is 195 Å². The molecule has 102 heavy (non-hydrogen) atoms. The maximum atomic E-state index is 16.5. The zero-order valence-corrected chi connectivity index (χ0v) is 58.6. The summed E-state index contributed by atoms with van der Waals surface area (Å²) in [5.74, 6) is -14.5. The zero-order chi connectivity index (χ0) is 75.3. The van der Waals surface area contributed by atoms with Gasteiger partial charge in [-0.05, 0) is 93.9 Å². The molecule has 0 radical (unpaired) electrons. The molecule has 3 aliphatic carbocycles. The number of nitrogens with two attached hydrogens (primary N) is 1. The maximum absolute atomic E-state index is 16.5. The molecule has 2 bridgehead atoms. The Labute approximate surface area is 589 Å². The van der Waals surface area contributed by atoms with Gasteiger partial charge < -0.3 is 86.5 Å². The van der Waals surface area contributed by atoms with Gasteiger partial charge in [0.1, 0.15) is 48.1 Å². The first kappa shape index (κ1) is 79.8. The van der Waals surface area contributed by atoms with Crippen LogP contribution in [0.2, 0.25) is 0 Å². The summed E-state index contributed by atoms with van der Waals surface area (Å²) in [7, 11) is 0. The summed E-state index contributed by atoms with van der Waals surface area (Å²) < 4.78 is 37.6. The number of carboxylic acids is 1. The topological polar surface area (TPSA) is 456 Å². The Morgan fingerprint density at radius 3 is 1.87 bits per heavy atom. The van der Waals surface area contributed by atoms with Crippen molar-refractivity contribution in [2.24, 2.45) is 28.4 Å². The third-order valence-corrected chi connectivity index (χ3v) is 19.5. The number of Topliss-reactive ketones (excluding diaryl/α,β-unsaturated/α-hetero) is 1. The van der Waals surface area contributed by atoms with E-state index < -0.39 is 204 Å². The lowest BCUT2D eigenvalue weighted by molar-refractivity contribution is -0.346. The van der Waals surface area contributed by atoms with Crippen LogP contribution in [0.4, 0.5) is 0 Å². The van der Waals surface area contributed by atoms with Crippen LogP contribution in [0.15, 0.2) is 102 Å². The van der Waals surface area contributed by atoms with Crippen LogP contribution in [-0.2, 0) is 81.2 Å². The van der Waals surface area contributed by atoms with Crippen LogP contribution in [0.1, 0.15) is 153 Å². The zero-order valence-electron chi connectivity index (χ0n) is 58.6. The van der Waals surface area contributed by atoms with Gasteiger partial charge in [0, 0.05) is 63.6 Å². The summed E-state index contributed by atoms with van der Waals surface area (Å²) in [6.45, 7) is 13.2. The van der Waals surface area contributed by atoms with E-state index in [1.54, 1.807) is 68.4 Å². The van der Waals surface area contributed by atoms with E-state index in [4.69, 9.17) is 39.3 Å². The van der Waals surface area contributed by atoms with Crippen molar-refractivity contribution in [3.05, 3.63) is 119 Å². The van der Waals surface area contributed by atoms with Gasteiger partial charge in [0.25, 0.3) is 5.91 Å². The number of fused-ring (bicyclic) bond motifs is 5. The van der Waals surface area contributed by atoms with Crippen molar-refractivity contribution >= 4 is 77.0 Å². The second kappa shape index (κ2) is 34.0. The van der Waals surface area contributed by atoms with Gasteiger partial charge in [-0.3, -0.25) is 52.7 Å². The fourth-order valence-corrected chi connectivity index (χ4v) is 14.0. The van der Waals surface area contributed by atoms with E-state index in [2.05, 4.69) is 31.9 Å². The van der Waals surface area contributed by atoms with E-state index in [-0.39, 0.29) is 78.9 Å². The number of aliphatic hydroxyl groups excluding tert-OH is 2. The van der Waals surface area contributed by atoms with Gasteiger partial charge in [-0.1, -0.05) is 94.4 Å². The predicted molar refractivity (Wildman–Crippen MR) is 359 cm³/mol. The van der Waals surface area contributed by atoms with Crippen LogP contribution >= 0.6 is 0 Å². The number of primary amides is 1. The summed E-state index contributed by atoms with van der Waals surface area (Å²) in [6.07, 6.45) is -14.7. The largest absolute Gasteiger partial charge is 0.481 e. The van der Waals surface area contributed by atoms with Crippen molar-refractivity contribution in [2.75, 3.05) is 19.7 Å². The van der Waals surface area contributed by atoms with Crippen molar-refractivity contribution in [3.63, 3.8) is 0 Å². The van der Waals surface area contributed by atoms with E-state index in [1.165, 1.54) is 77.9 Å². The summed E-state index contributed by atoms with van der Waals surface area (Å²) in [6, 6.07) is 16.9. The van der Waals surface area contributed by atoms with Crippen LogP contribution in [0.3, 0.4) is 0 Å². The van der Waals surface area contributed by atoms with Crippen molar-refractivity contribution in [1.29, 1.82) is 0 Å². The highest BCUT2D eigenvalue weighted by atomic mass is 16.6. The summed E-state index contributed by atoms with van der Waals surface area (Å²) in [4.78, 5) is 179. The van der Waals surface area contributed by atoms with E-state index >= 15 is 4.79 Å². The molecule has 2 saturated carbocycles. The third-order valence-electron chi connectivity index (χ3n) is 19.5. The second-order valence-electron chi connectivity index (χ2n) is 27.6. The molecule has 1 saturated heterocycles. The van der Waals surface area contributed by atoms with Crippen molar-refractivity contribution in [2.45, 2.75) is 205 Å². The number of esters is 5. The number of ketones is 1. The fourth-order valence-electron chi connectivity index (χ4n) is 14.0. The lowest BCUT2D eigenvalue weighted by Gasteiger charge is -2.67. The monoisotopic (exact) mass is 1420 g/mol. The smallest absolute Gasteiger partial charge is 0.338 e. The second-order valence-corrected chi connectivity index (χ2v) is 27.6. The number of aliphatic carboxylic acids is 1. The lowest BCUT2D eigenvalue weighted by atomic mass is 9.44. The van der Waals surface area contributed by atoms with Gasteiger partial charge in [-0.2, -0.15) is 0 Å². The highest BCUT2D eigenvalue weighted by Gasteiger charge is 2.79. The summed E-state index contributed by atoms with van der Waals surface area (Å²) in [5, 5.41) is 60.8. The predicted octanol–water partition coefficient (Wildman–Crippen LogP) is 1.78. The molecule has 1 heterocycles. The fraction of sp³-hybridized carbons (Fsp3) is 0.542. The van der Waals surface area contributed by atoms with Crippen molar-refractivity contribution in [1.82, 2.24) is 31.9 Å². The Morgan fingerprint density at radius 1 is 0.706 bits per heavy atom. The number of aliphatic hydroxyl groups is 3. The molecule has 3 aromatic rings. The number of carbonyl (C=O) groups is 13. The minimum absolute atomic E-state index is 0.0199. The minimum atomic E-state index is -2.61. The third kappa shape index (κ3) is 18.4. The molecule has 0 aromatic heterocycles. The number of rotatable bonds is 32. The molecule has 16 atom stereocenters. The van der Waals surface area contributed by atoms with Gasteiger partial charge in [0.05, 0.1) is 48.1 Å². The van der Waals surface area contributed by atoms with Gasteiger partial charge in [-0.15, -0.1) is 0 Å². The van der Waals surface area contributed by atoms with Gasteiger partial charge in [-0.25, -0.2) is 9.59 Å². The number of hydrogen-bond acceptors (Lipinski definition) is 23. The van der Waals surface area contributed by atoms with Crippen LogP contribution in [0, 0.1) is 22.7 Å². The maximum Gasteiger partial charge on any atom is 0.338 e. The van der Waals surface area contributed by atoms with Gasteiger partial charge in [0.15, 0.2) is 23.6 Å². The van der Waals surface area contributed by atoms with E-state index in [1.807, 2.05) is 0 Å². The molecule has 1 unspecified atom stereocenters. The minimum Gasteiger partial charge on any atom is -0.481 e. The first-order valence-electron chi connectivity index (χ1n) is 33.8. The number of amides is 6. The number of ether oxygens (including phenoxy) is 6. The summed E-state index contributed by atoms with van der Waals surface area (Å²) >= 11 is 0. The highest BCUT2D eigenvalue weighted by molar-refractivity contribution is 5.98. The number of hydrogen-bond donors (Lipinski definition) is 11. The number of carbonyl (C=O) groups excluding carboxylic acids is 12. The number of benzene rings is 3. The number of carboxylic acid groups (broad SMARTS) is 1. The van der Waals surface area contributed by atoms with Gasteiger partial charge >= 0.3 is 35.8 Å². The molecular formula is C72H93N7O23. The first-order valence-corrected chi connectivity index (χ1v) is 33.8. The normalized spacial score (nSPS) is 25.3. The quantitative estimate of drug-likeness (QED) is 0.0184. The Bertz CT molecular complexity index is 3650. The molecule has 4 aliphatic rings. The molecular weight excluding hydrogens is 1330 g/mol. The van der Waals surface area contributed by atoms with E-state index in [0.717, 1.165) is 13.8 Å². The summed E-state index contributed by atoms with van der Waals surface area (Å²) in [5.41, 5.74) is -2.97. The van der Waals surface area contributed by atoms with Crippen molar-refractivity contribution in [3.8, 4) is 0 Å². The average Bonchev–Trinajstić information content (AvgIpc) is 0.668. The Morgan fingerprint density at radius 2 is 1.30 bits per heavy atom. The van der Waals surface area contributed by atoms with E-state index in [0.29, 0.717) is 0 Å². The van der Waals surface area contributed by atoms with Crippen LogP contribution in [0.5, 0.6) is 0 Å². The molecule has 1 aliphatic heterocycles. The van der Waals surface area contributed by atoms with Crippen LogP contribution in [0.25, 0.3) is 0 Å². The average molecular weight is 1420 g/mol. The number of nitrogens with one attached hydrogen (secondary N) is 6. The lowest BCUT2D eigenvalue weighted by Crippen LogP contribution is -2.82.